The van der Waals surface area contributed by atoms with E-state index in [1.54, 1.807) is 6.20 Å². The van der Waals surface area contributed by atoms with Crippen LogP contribution in [0.25, 0.3) is 0 Å². The molecular formula is C19H18N2OS. The molecule has 0 aliphatic carbocycles. The third-order valence-electron chi connectivity index (χ3n) is 3.66. The SMILES string of the molecule is Cc1cnc(NC(=O)CC(c2ccccc2)c2ccccc2)s1. The summed E-state index contributed by atoms with van der Waals surface area (Å²) in [4.78, 5) is 17.7. The highest BCUT2D eigenvalue weighted by atomic mass is 32.1. The van der Waals surface area contributed by atoms with Crippen LogP contribution in [0.4, 0.5) is 5.13 Å². The van der Waals surface area contributed by atoms with E-state index >= 15 is 0 Å². The number of benzene rings is 2. The number of anilines is 1. The predicted molar refractivity (Wildman–Crippen MR) is 94.8 cm³/mol. The van der Waals surface area contributed by atoms with Gasteiger partial charge in [-0.25, -0.2) is 4.98 Å². The molecule has 0 aliphatic rings. The fourth-order valence-corrected chi connectivity index (χ4v) is 3.25. The van der Waals surface area contributed by atoms with E-state index in [2.05, 4.69) is 34.6 Å². The Morgan fingerprint density at radius 2 is 1.61 bits per heavy atom. The number of thiazole rings is 1. The van der Waals surface area contributed by atoms with Crippen LogP contribution >= 0.6 is 11.3 Å². The lowest BCUT2D eigenvalue weighted by Gasteiger charge is -2.17. The van der Waals surface area contributed by atoms with E-state index in [0.29, 0.717) is 11.6 Å². The highest BCUT2D eigenvalue weighted by Crippen LogP contribution is 2.28. The molecule has 4 heteroatoms. The normalized spacial score (nSPS) is 10.7. The number of aromatic nitrogens is 1. The van der Waals surface area contributed by atoms with E-state index in [4.69, 9.17) is 0 Å². The standard InChI is InChI=1S/C19H18N2OS/c1-14-13-20-19(23-14)21-18(22)12-17(15-8-4-2-5-9-15)16-10-6-3-7-11-16/h2-11,13,17H,12H2,1H3,(H,20,21,22). The quantitative estimate of drug-likeness (QED) is 0.745. The number of rotatable bonds is 5. The summed E-state index contributed by atoms with van der Waals surface area (Å²) in [6, 6.07) is 20.3. The molecular weight excluding hydrogens is 304 g/mol. The molecule has 2 aromatic carbocycles. The lowest BCUT2D eigenvalue weighted by Crippen LogP contribution is -2.16. The monoisotopic (exact) mass is 322 g/mol. The van der Waals surface area contributed by atoms with Crippen LogP contribution in [-0.2, 0) is 4.79 Å². The summed E-state index contributed by atoms with van der Waals surface area (Å²) < 4.78 is 0. The van der Waals surface area contributed by atoms with Gasteiger partial charge in [0.2, 0.25) is 5.91 Å². The first kappa shape index (κ1) is 15.4. The molecule has 0 fully saturated rings. The van der Waals surface area contributed by atoms with Crippen molar-refractivity contribution in [2.45, 2.75) is 19.3 Å². The molecule has 0 radical (unpaired) electrons. The fourth-order valence-electron chi connectivity index (χ4n) is 2.57. The lowest BCUT2D eigenvalue weighted by atomic mass is 9.88. The maximum absolute atomic E-state index is 12.4. The van der Waals surface area contributed by atoms with Gasteiger partial charge in [-0.3, -0.25) is 4.79 Å². The topological polar surface area (TPSA) is 42.0 Å². The Hall–Kier alpha value is -2.46. The van der Waals surface area contributed by atoms with Crippen molar-refractivity contribution in [3.8, 4) is 0 Å². The van der Waals surface area contributed by atoms with Crippen LogP contribution in [0.3, 0.4) is 0 Å². The van der Waals surface area contributed by atoms with Crippen molar-refractivity contribution in [2.24, 2.45) is 0 Å². The van der Waals surface area contributed by atoms with Crippen molar-refractivity contribution in [1.82, 2.24) is 4.98 Å². The van der Waals surface area contributed by atoms with Crippen molar-refractivity contribution in [2.75, 3.05) is 5.32 Å². The fraction of sp³-hybridized carbons (Fsp3) is 0.158. The Morgan fingerprint density at radius 1 is 1.04 bits per heavy atom. The molecule has 116 valence electrons. The van der Waals surface area contributed by atoms with Crippen LogP contribution in [0.5, 0.6) is 0 Å². The average molecular weight is 322 g/mol. The maximum atomic E-state index is 12.4. The molecule has 23 heavy (non-hydrogen) atoms. The van der Waals surface area contributed by atoms with Gasteiger partial charge in [-0.2, -0.15) is 0 Å². The summed E-state index contributed by atoms with van der Waals surface area (Å²) in [5.74, 6) is 0.0236. The van der Waals surface area contributed by atoms with Crippen molar-refractivity contribution in [3.63, 3.8) is 0 Å². The average Bonchev–Trinajstić information content (AvgIpc) is 2.99. The van der Waals surface area contributed by atoms with Gasteiger partial charge >= 0.3 is 0 Å². The molecule has 0 unspecified atom stereocenters. The maximum Gasteiger partial charge on any atom is 0.227 e. The molecule has 0 saturated heterocycles. The molecule has 0 atom stereocenters. The molecule has 1 amide bonds. The number of nitrogens with zero attached hydrogens (tertiary/aromatic N) is 1. The second-order valence-electron chi connectivity index (χ2n) is 5.40. The summed E-state index contributed by atoms with van der Waals surface area (Å²) in [6.45, 7) is 1.98. The second kappa shape index (κ2) is 7.20. The van der Waals surface area contributed by atoms with Crippen LogP contribution in [0, 0.1) is 6.92 Å². The van der Waals surface area contributed by atoms with E-state index in [-0.39, 0.29) is 11.8 Å². The van der Waals surface area contributed by atoms with E-state index in [9.17, 15) is 4.79 Å². The van der Waals surface area contributed by atoms with Gasteiger partial charge in [-0.15, -0.1) is 11.3 Å². The molecule has 1 N–H and O–H groups in total. The van der Waals surface area contributed by atoms with Crippen LogP contribution < -0.4 is 5.32 Å². The Balaban J connectivity index is 1.80. The molecule has 0 bridgehead atoms. The number of carbonyl (C=O) groups excluding carboxylic acids is 1. The van der Waals surface area contributed by atoms with Crippen LogP contribution in [0.1, 0.15) is 28.3 Å². The van der Waals surface area contributed by atoms with Gasteiger partial charge in [-0.1, -0.05) is 60.7 Å². The first-order valence-corrected chi connectivity index (χ1v) is 8.36. The zero-order valence-electron chi connectivity index (χ0n) is 12.9. The highest BCUT2D eigenvalue weighted by Gasteiger charge is 2.18. The van der Waals surface area contributed by atoms with E-state index in [1.165, 1.54) is 11.3 Å². The lowest BCUT2D eigenvalue weighted by molar-refractivity contribution is -0.116. The van der Waals surface area contributed by atoms with E-state index < -0.39 is 0 Å². The molecule has 3 aromatic rings. The largest absolute Gasteiger partial charge is 0.302 e. The van der Waals surface area contributed by atoms with Crippen molar-refractivity contribution in [1.29, 1.82) is 0 Å². The molecule has 1 aromatic heterocycles. The van der Waals surface area contributed by atoms with Gasteiger partial charge in [0, 0.05) is 23.4 Å². The van der Waals surface area contributed by atoms with Crippen LogP contribution in [0.15, 0.2) is 66.9 Å². The smallest absolute Gasteiger partial charge is 0.227 e. The minimum absolute atomic E-state index is 0.0166. The van der Waals surface area contributed by atoms with Gasteiger partial charge in [0.15, 0.2) is 5.13 Å². The number of aryl methyl sites for hydroxylation is 1. The number of nitrogens with one attached hydrogen (secondary N) is 1. The van der Waals surface area contributed by atoms with E-state index in [1.807, 2.05) is 43.3 Å². The Bertz CT molecular complexity index is 729. The first-order valence-electron chi connectivity index (χ1n) is 7.54. The summed E-state index contributed by atoms with van der Waals surface area (Å²) >= 11 is 1.49. The molecule has 0 aliphatic heterocycles. The molecule has 0 saturated carbocycles. The Kier molecular flexibility index (Phi) is 4.83. The van der Waals surface area contributed by atoms with Crippen molar-refractivity contribution >= 4 is 22.4 Å². The summed E-state index contributed by atoms with van der Waals surface area (Å²) in [7, 11) is 0. The zero-order chi connectivity index (χ0) is 16.1. The Morgan fingerprint density at radius 3 is 2.09 bits per heavy atom. The van der Waals surface area contributed by atoms with Crippen LogP contribution in [-0.4, -0.2) is 10.9 Å². The van der Waals surface area contributed by atoms with Crippen molar-refractivity contribution in [3.05, 3.63) is 82.9 Å². The van der Waals surface area contributed by atoms with Crippen LogP contribution in [0.2, 0.25) is 0 Å². The molecule has 3 rings (SSSR count). The summed E-state index contributed by atoms with van der Waals surface area (Å²) in [6.07, 6.45) is 2.17. The van der Waals surface area contributed by atoms with Gasteiger partial charge in [0.1, 0.15) is 0 Å². The molecule has 1 heterocycles. The minimum Gasteiger partial charge on any atom is -0.302 e. The summed E-state index contributed by atoms with van der Waals surface area (Å²) in [5.41, 5.74) is 2.29. The third-order valence-corrected chi connectivity index (χ3v) is 4.49. The van der Waals surface area contributed by atoms with Crippen molar-refractivity contribution < 1.29 is 4.79 Å². The minimum atomic E-state index is -0.0166. The first-order chi connectivity index (χ1) is 11.2. The van der Waals surface area contributed by atoms with Gasteiger partial charge < -0.3 is 5.32 Å². The summed E-state index contributed by atoms with van der Waals surface area (Å²) in [5, 5.41) is 3.56. The molecule has 3 nitrogen and oxygen atoms in total. The number of carbonyl (C=O) groups is 1. The third kappa shape index (κ3) is 4.05. The number of hydrogen-bond donors (Lipinski definition) is 1. The number of amides is 1. The van der Waals surface area contributed by atoms with Gasteiger partial charge in [0.25, 0.3) is 0 Å². The van der Waals surface area contributed by atoms with Gasteiger partial charge in [0.05, 0.1) is 0 Å². The second-order valence-corrected chi connectivity index (χ2v) is 6.64. The van der Waals surface area contributed by atoms with Gasteiger partial charge in [-0.05, 0) is 18.1 Å². The highest BCUT2D eigenvalue weighted by molar-refractivity contribution is 7.15. The Labute approximate surface area is 140 Å². The zero-order valence-corrected chi connectivity index (χ0v) is 13.7. The van der Waals surface area contributed by atoms with E-state index in [0.717, 1.165) is 16.0 Å². The predicted octanol–water partition coefficient (Wildman–Crippen LogP) is 4.61. The number of hydrogen-bond acceptors (Lipinski definition) is 3. The molecule has 0 spiro atoms.